The van der Waals surface area contributed by atoms with Crippen molar-refractivity contribution in [1.29, 1.82) is 0 Å². The lowest BCUT2D eigenvalue weighted by Crippen LogP contribution is -2.32. The largest absolute Gasteiger partial charge is 0.493 e. The lowest BCUT2D eigenvalue weighted by Gasteiger charge is -2.10. The number of rotatable bonds is 9. The van der Waals surface area contributed by atoms with Crippen LogP contribution >= 0.6 is 0 Å². The van der Waals surface area contributed by atoms with Crippen LogP contribution in [0, 0.1) is 5.82 Å². The van der Waals surface area contributed by atoms with E-state index >= 15 is 0 Å². The Labute approximate surface area is 172 Å². The number of furan rings is 1. The summed E-state index contributed by atoms with van der Waals surface area (Å²) in [6.45, 7) is -0.0107. The van der Waals surface area contributed by atoms with E-state index in [2.05, 4.69) is 5.32 Å². The van der Waals surface area contributed by atoms with Gasteiger partial charge in [0, 0.05) is 5.56 Å². The molecular weight excluding hydrogens is 393 g/mol. The van der Waals surface area contributed by atoms with Crippen LogP contribution in [-0.4, -0.2) is 38.7 Å². The van der Waals surface area contributed by atoms with Crippen molar-refractivity contribution in [2.75, 3.05) is 26.9 Å². The number of hydrogen-bond donors (Lipinski definition) is 1. The third-order valence-electron chi connectivity index (χ3n) is 4.02. The molecule has 3 rings (SSSR count). The number of halogens is 1. The number of carbonyl (C=O) groups is 2. The van der Waals surface area contributed by atoms with E-state index in [1.54, 1.807) is 25.3 Å². The molecule has 0 aliphatic heterocycles. The minimum Gasteiger partial charge on any atom is -0.493 e. The minimum atomic E-state index is -0.774. The fraction of sp³-hybridized carbons (Fsp3) is 0.182. The van der Waals surface area contributed by atoms with Gasteiger partial charge in [0.15, 0.2) is 18.1 Å². The number of methoxy groups -OCH3 is 1. The molecule has 0 unspecified atom stereocenters. The van der Waals surface area contributed by atoms with Crippen molar-refractivity contribution in [3.63, 3.8) is 0 Å². The summed E-state index contributed by atoms with van der Waals surface area (Å²) in [4.78, 5) is 23.9. The molecule has 3 aromatic rings. The van der Waals surface area contributed by atoms with Gasteiger partial charge < -0.3 is 23.9 Å². The van der Waals surface area contributed by atoms with E-state index < -0.39 is 18.5 Å². The van der Waals surface area contributed by atoms with Gasteiger partial charge in [0.2, 0.25) is 5.76 Å². The van der Waals surface area contributed by atoms with Crippen LogP contribution in [0.25, 0.3) is 11.3 Å². The van der Waals surface area contributed by atoms with Gasteiger partial charge in [-0.3, -0.25) is 4.79 Å². The third-order valence-corrected chi connectivity index (χ3v) is 4.02. The standard InChI is InChI=1S/C22H20FNO6/c1-27-18-4-2-3-5-19(18)28-13-12-24-21(25)14-29-22(26)20-11-10-17(30-20)15-6-8-16(23)9-7-15/h2-11H,12-14H2,1H3,(H,24,25). The van der Waals surface area contributed by atoms with E-state index in [1.807, 2.05) is 12.1 Å². The molecule has 0 fully saturated rings. The number of nitrogens with one attached hydrogen (secondary N) is 1. The van der Waals surface area contributed by atoms with Gasteiger partial charge in [-0.05, 0) is 48.5 Å². The molecule has 0 aliphatic rings. The number of carbonyl (C=O) groups excluding carboxylic acids is 2. The molecule has 0 radical (unpaired) electrons. The maximum Gasteiger partial charge on any atom is 0.374 e. The Balaban J connectivity index is 1.40. The summed E-state index contributed by atoms with van der Waals surface area (Å²) >= 11 is 0. The van der Waals surface area contributed by atoms with Gasteiger partial charge in [0.25, 0.3) is 5.91 Å². The summed E-state index contributed by atoms with van der Waals surface area (Å²) in [5.41, 5.74) is 0.614. The first-order valence-corrected chi connectivity index (χ1v) is 9.12. The highest BCUT2D eigenvalue weighted by atomic mass is 19.1. The second kappa shape index (κ2) is 10.1. The Hall–Kier alpha value is -3.81. The number of amides is 1. The summed E-state index contributed by atoms with van der Waals surface area (Å²) < 4.78 is 34.1. The van der Waals surface area contributed by atoms with Crippen LogP contribution in [0.2, 0.25) is 0 Å². The predicted octanol–water partition coefficient (Wildman–Crippen LogP) is 3.45. The maximum absolute atomic E-state index is 13.0. The van der Waals surface area contributed by atoms with Crippen LogP contribution in [0.15, 0.2) is 65.1 Å². The zero-order valence-corrected chi connectivity index (χ0v) is 16.2. The number of hydrogen-bond acceptors (Lipinski definition) is 6. The molecule has 0 saturated carbocycles. The quantitative estimate of drug-likeness (QED) is 0.427. The summed E-state index contributed by atoms with van der Waals surface area (Å²) in [6, 6.07) is 15.8. The molecule has 156 valence electrons. The van der Waals surface area contributed by atoms with Crippen molar-refractivity contribution >= 4 is 11.9 Å². The van der Waals surface area contributed by atoms with Gasteiger partial charge in [-0.1, -0.05) is 12.1 Å². The van der Waals surface area contributed by atoms with Gasteiger partial charge in [0.05, 0.1) is 13.7 Å². The van der Waals surface area contributed by atoms with E-state index in [0.29, 0.717) is 22.8 Å². The molecule has 1 amide bonds. The van der Waals surface area contributed by atoms with E-state index in [0.717, 1.165) is 0 Å². The van der Waals surface area contributed by atoms with Crippen LogP contribution in [0.1, 0.15) is 10.6 Å². The lowest BCUT2D eigenvalue weighted by atomic mass is 10.2. The second-order valence-corrected chi connectivity index (χ2v) is 6.10. The Morgan fingerprint density at radius 2 is 1.73 bits per heavy atom. The van der Waals surface area contributed by atoms with Crippen LogP contribution < -0.4 is 14.8 Å². The first-order valence-electron chi connectivity index (χ1n) is 9.12. The predicted molar refractivity (Wildman–Crippen MR) is 106 cm³/mol. The Bertz CT molecular complexity index is 999. The average molecular weight is 413 g/mol. The number of para-hydroxylation sites is 2. The molecule has 0 bridgehead atoms. The van der Waals surface area contributed by atoms with Crippen molar-refractivity contribution in [2.24, 2.45) is 0 Å². The SMILES string of the molecule is COc1ccccc1OCCNC(=O)COC(=O)c1ccc(-c2ccc(F)cc2)o1. The van der Waals surface area contributed by atoms with E-state index in [-0.39, 0.29) is 24.7 Å². The number of benzene rings is 2. The van der Waals surface area contributed by atoms with Gasteiger partial charge >= 0.3 is 5.97 Å². The van der Waals surface area contributed by atoms with Crippen molar-refractivity contribution in [1.82, 2.24) is 5.32 Å². The molecule has 1 aromatic heterocycles. The van der Waals surface area contributed by atoms with Gasteiger partial charge in [0.1, 0.15) is 18.2 Å². The summed E-state index contributed by atoms with van der Waals surface area (Å²) in [5.74, 6) is -0.126. The molecule has 7 nitrogen and oxygen atoms in total. The van der Waals surface area contributed by atoms with Crippen LogP contribution in [0.5, 0.6) is 11.5 Å². The maximum atomic E-state index is 13.0. The van der Waals surface area contributed by atoms with E-state index in [9.17, 15) is 14.0 Å². The second-order valence-electron chi connectivity index (χ2n) is 6.10. The molecule has 8 heteroatoms. The van der Waals surface area contributed by atoms with Gasteiger partial charge in [-0.2, -0.15) is 0 Å². The zero-order chi connectivity index (χ0) is 21.3. The normalized spacial score (nSPS) is 10.3. The van der Waals surface area contributed by atoms with E-state index in [4.69, 9.17) is 18.6 Å². The van der Waals surface area contributed by atoms with Crippen LogP contribution in [0.4, 0.5) is 4.39 Å². The molecular formula is C22H20FNO6. The lowest BCUT2D eigenvalue weighted by molar-refractivity contribution is -0.124. The first-order chi connectivity index (χ1) is 14.6. The highest BCUT2D eigenvalue weighted by Gasteiger charge is 2.15. The highest BCUT2D eigenvalue weighted by molar-refractivity contribution is 5.89. The van der Waals surface area contributed by atoms with Crippen LogP contribution in [0.3, 0.4) is 0 Å². The Morgan fingerprint density at radius 1 is 1.00 bits per heavy atom. The van der Waals surface area contributed by atoms with Crippen molar-refractivity contribution in [3.8, 4) is 22.8 Å². The van der Waals surface area contributed by atoms with Crippen molar-refractivity contribution in [2.45, 2.75) is 0 Å². The average Bonchev–Trinajstić information content (AvgIpc) is 3.26. The Kier molecular flexibility index (Phi) is 7.05. The van der Waals surface area contributed by atoms with Crippen LogP contribution in [-0.2, 0) is 9.53 Å². The minimum absolute atomic E-state index is 0.0540. The molecule has 0 aliphatic carbocycles. The van der Waals surface area contributed by atoms with Crippen molar-refractivity contribution in [3.05, 3.63) is 72.2 Å². The van der Waals surface area contributed by atoms with Gasteiger partial charge in [-0.15, -0.1) is 0 Å². The van der Waals surface area contributed by atoms with E-state index in [1.165, 1.54) is 30.3 Å². The fourth-order valence-corrected chi connectivity index (χ4v) is 2.56. The van der Waals surface area contributed by atoms with Crippen molar-refractivity contribution < 1.29 is 32.6 Å². The molecule has 0 spiro atoms. The monoisotopic (exact) mass is 413 g/mol. The molecule has 1 N–H and O–H groups in total. The number of ether oxygens (including phenoxy) is 3. The van der Waals surface area contributed by atoms with Gasteiger partial charge in [-0.25, -0.2) is 9.18 Å². The molecule has 1 heterocycles. The smallest absolute Gasteiger partial charge is 0.374 e. The summed E-state index contributed by atoms with van der Waals surface area (Å²) in [6.07, 6.45) is 0. The molecule has 0 atom stereocenters. The third kappa shape index (κ3) is 5.60. The zero-order valence-electron chi connectivity index (χ0n) is 16.2. The first kappa shape index (κ1) is 20.9. The highest BCUT2D eigenvalue weighted by Crippen LogP contribution is 2.25. The topological polar surface area (TPSA) is 87.0 Å². The molecule has 0 saturated heterocycles. The fourth-order valence-electron chi connectivity index (χ4n) is 2.56. The Morgan fingerprint density at radius 3 is 2.47 bits per heavy atom. The molecule has 2 aromatic carbocycles. The molecule has 30 heavy (non-hydrogen) atoms. The number of esters is 1. The summed E-state index contributed by atoms with van der Waals surface area (Å²) in [5, 5.41) is 2.59. The summed E-state index contributed by atoms with van der Waals surface area (Å²) in [7, 11) is 1.54.